The predicted molar refractivity (Wildman–Crippen MR) is 212 cm³/mol. The van der Waals surface area contributed by atoms with Gasteiger partial charge in [-0.05, 0) is 50.3 Å². The maximum atomic E-state index is 14.0. The molecule has 3 saturated carbocycles. The molecule has 4 amide bonds. The topological polar surface area (TPSA) is 201 Å². The zero-order valence-corrected chi connectivity index (χ0v) is 34.2. The average Bonchev–Trinajstić information content (AvgIpc) is 3.12. The van der Waals surface area contributed by atoms with Gasteiger partial charge in [0.2, 0.25) is 23.6 Å². The molecule has 314 valence electrons. The molecule has 3 rings (SSSR count). The van der Waals surface area contributed by atoms with Crippen LogP contribution < -0.4 is 21.3 Å². The molecule has 0 aliphatic heterocycles. The normalized spacial score (nSPS) is 19.1. The largest absolute Gasteiger partial charge is 0.377 e. The monoisotopic (exact) mass is 826 g/mol. The van der Waals surface area contributed by atoms with E-state index in [-0.39, 0.29) is 121 Å². The van der Waals surface area contributed by atoms with Gasteiger partial charge in [0.15, 0.2) is 6.49 Å². The Labute approximate surface area is 336 Å². The Morgan fingerprint density at radius 3 is 1.30 bits per heavy atom. The second kappa shape index (κ2) is 26.7. The minimum absolute atomic E-state index is 0.00329. The van der Waals surface area contributed by atoms with Gasteiger partial charge >= 0.3 is 0 Å². The highest BCUT2D eigenvalue weighted by Gasteiger charge is 2.73. The van der Waals surface area contributed by atoms with E-state index in [0.717, 1.165) is 0 Å². The summed E-state index contributed by atoms with van der Waals surface area (Å²) in [5.41, 5.74) is -2.46. The molecule has 3 fully saturated rings. The summed E-state index contributed by atoms with van der Waals surface area (Å²) in [6, 6.07) is 0. The van der Waals surface area contributed by atoms with Crippen molar-refractivity contribution in [2.45, 2.75) is 68.9 Å². The molecule has 1 unspecified atom stereocenters. The van der Waals surface area contributed by atoms with Gasteiger partial charge in [0.25, 0.3) is 0 Å². The third-order valence-corrected chi connectivity index (χ3v) is 10.0. The minimum atomic E-state index is -2.94. The molecule has 3 aliphatic carbocycles. The summed E-state index contributed by atoms with van der Waals surface area (Å²) in [6.07, 6.45) is 17.1. The molecule has 0 radical (unpaired) electrons. The van der Waals surface area contributed by atoms with Crippen LogP contribution in [0.15, 0.2) is 0 Å². The maximum absolute atomic E-state index is 14.0. The summed E-state index contributed by atoms with van der Waals surface area (Å²) in [7, 11) is 0. The third-order valence-electron chi connectivity index (χ3n) is 9.07. The fraction of sp³-hybridized carbons (Fsp3) is 0.737. The van der Waals surface area contributed by atoms with Crippen molar-refractivity contribution in [1.82, 2.24) is 21.3 Å². The number of carbonyl (C=O) groups excluding carboxylic acids is 4. The van der Waals surface area contributed by atoms with Crippen molar-refractivity contribution in [3.05, 3.63) is 0 Å². The van der Waals surface area contributed by atoms with Crippen molar-refractivity contribution in [3.8, 4) is 37.0 Å². The van der Waals surface area contributed by atoms with Gasteiger partial charge in [0.1, 0.15) is 19.8 Å². The van der Waals surface area contributed by atoms with E-state index in [1.54, 1.807) is 0 Å². The third kappa shape index (κ3) is 19.8. The Morgan fingerprint density at radius 1 is 0.643 bits per heavy atom. The summed E-state index contributed by atoms with van der Waals surface area (Å²) in [5.74, 6) is 6.00. The van der Waals surface area contributed by atoms with Gasteiger partial charge in [0.05, 0.1) is 70.5 Å². The van der Waals surface area contributed by atoms with E-state index in [1.165, 1.54) is 6.66 Å². The van der Waals surface area contributed by atoms with Crippen LogP contribution in [0.1, 0.15) is 57.8 Å². The highest BCUT2D eigenvalue weighted by atomic mass is 32.5. The minimum Gasteiger partial charge on any atom is -0.377 e. The molecule has 5 N–H and O–H groups in total. The van der Waals surface area contributed by atoms with Crippen LogP contribution in [-0.2, 0) is 63.9 Å². The van der Waals surface area contributed by atoms with Crippen LogP contribution >= 0.6 is 6.49 Å². The first-order valence-corrected chi connectivity index (χ1v) is 21.8. The van der Waals surface area contributed by atoms with E-state index < -0.39 is 23.0 Å². The Kier molecular flexibility index (Phi) is 23.4. The number of hydrogen-bond donors (Lipinski definition) is 5. The highest BCUT2D eigenvalue weighted by Crippen LogP contribution is 2.72. The molecule has 56 heavy (non-hydrogen) atoms. The van der Waals surface area contributed by atoms with E-state index in [0.29, 0.717) is 58.9 Å². The lowest BCUT2D eigenvalue weighted by molar-refractivity contribution is -0.237. The summed E-state index contributed by atoms with van der Waals surface area (Å²) in [5, 5.41) is 11.6. The zero-order valence-electron chi connectivity index (χ0n) is 32.5. The number of nitrogens with one attached hydrogen (secondary N) is 4. The number of hydrogen-bond acceptors (Lipinski definition) is 12. The van der Waals surface area contributed by atoms with Crippen LogP contribution in [0.4, 0.5) is 0 Å². The quantitative estimate of drug-likeness (QED) is 0.0340. The van der Waals surface area contributed by atoms with Gasteiger partial charge in [-0.15, -0.1) is 19.3 Å². The molecule has 0 aromatic carbocycles. The summed E-state index contributed by atoms with van der Waals surface area (Å²) in [6.45, 7) is 2.52. The van der Waals surface area contributed by atoms with Crippen LogP contribution in [0.5, 0.6) is 0 Å². The van der Waals surface area contributed by atoms with Crippen LogP contribution in [0.3, 0.4) is 0 Å². The number of rotatable bonds is 34. The van der Waals surface area contributed by atoms with Gasteiger partial charge in [-0.2, -0.15) is 0 Å². The first-order chi connectivity index (χ1) is 26.8. The highest BCUT2D eigenvalue weighted by molar-refractivity contribution is 8.09. The second-order valence-corrected chi connectivity index (χ2v) is 17.6. The van der Waals surface area contributed by atoms with Crippen LogP contribution in [0.2, 0.25) is 0 Å². The van der Waals surface area contributed by atoms with Crippen molar-refractivity contribution in [2.24, 2.45) is 5.41 Å². The van der Waals surface area contributed by atoms with Crippen LogP contribution in [0, 0.1) is 42.4 Å². The van der Waals surface area contributed by atoms with Crippen molar-refractivity contribution in [3.63, 3.8) is 0 Å². The van der Waals surface area contributed by atoms with Crippen LogP contribution in [0.25, 0.3) is 0 Å². The molecule has 0 aromatic rings. The Balaban J connectivity index is 2.08. The van der Waals surface area contributed by atoms with Crippen molar-refractivity contribution in [2.75, 3.05) is 106 Å². The van der Waals surface area contributed by atoms with Crippen molar-refractivity contribution in [1.29, 1.82) is 0 Å². The van der Waals surface area contributed by atoms with Gasteiger partial charge < -0.3 is 59.1 Å². The molecular weight excluding hydrogens is 767 g/mol. The fourth-order valence-electron chi connectivity index (χ4n) is 6.49. The van der Waals surface area contributed by atoms with E-state index >= 15 is 0 Å². The molecule has 16 nitrogen and oxygen atoms in total. The lowest BCUT2D eigenvalue weighted by Crippen LogP contribution is -2.74. The fourth-order valence-corrected chi connectivity index (χ4v) is 7.88. The number of amides is 4. The van der Waals surface area contributed by atoms with Crippen molar-refractivity contribution < 1.29 is 57.0 Å². The van der Waals surface area contributed by atoms with Crippen molar-refractivity contribution >= 4 is 41.9 Å². The molecular formula is C38H59N4O12PS. The maximum Gasteiger partial charge on any atom is 0.226 e. The predicted octanol–water partition coefficient (Wildman–Crippen LogP) is 0.401. The zero-order chi connectivity index (χ0) is 41.2. The lowest BCUT2D eigenvalue weighted by atomic mass is 9.41. The number of terminal acetylenes is 3. The van der Waals surface area contributed by atoms with Gasteiger partial charge in [0, 0.05) is 51.1 Å². The molecule has 0 heterocycles. The molecule has 0 aromatic heterocycles. The molecule has 0 spiro atoms. The van der Waals surface area contributed by atoms with E-state index in [9.17, 15) is 24.1 Å². The molecule has 3 aliphatic rings. The summed E-state index contributed by atoms with van der Waals surface area (Å²) in [4.78, 5) is 63.3. The first-order valence-electron chi connectivity index (χ1n) is 18.7. The lowest BCUT2D eigenvalue weighted by Gasteiger charge is -2.68. The standard InChI is InChI=1S/C38H59N4O12PS/c1-5-17-48-23-26-51-20-14-39-32(43)8-11-37(12-9-33(44)40-15-21-52-27-24-49-18-6-2,13-10-34(45)41-16-22-53-28-25-50-19-7-3)42-35(46)36-29-38(30-36,31-36)54-55(4,47)56/h1-3H,8-31H2,4H3,(H,39,43)(H,40,44)(H,41,45)(H,42,46)(H,47,56). The second-order valence-electron chi connectivity index (χ2n) is 13.8. The van der Waals surface area contributed by atoms with Gasteiger partial charge in [-0.25, -0.2) is 0 Å². The van der Waals surface area contributed by atoms with E-state index in [1.807, 2.05) is 0 Å². The Morgan fingerprint density at radius 2 is 0.982 bits per heavy atom. The Hall–Kier alpha value is -3.11. The SMILES string of the molecule is C#CCOCCOCCNC(=O)CCC(CCC(=O)NCCOCCOCC#C)(CCC(=O)NCCOCCOCC#C)NC(=O)C12CC(OP(C)(O)=S)(C1)C2. The van der Waals surface area contributed by atoms with Crippen LogP contribution in [-0.4, -0.2) is 145 Å². The van der Waals surface area contributed by atoms with Gasteiger partial charge in [-0.3, -0.25) is 19.2 Å². The smallest absolute Gasteiger partial charge is 0.226 e. The van der Waals surface area contributed by atoms with Gasteiger partial charge in [-0.1, -0.05) is 17.8 Å². The first kappa shape index (κ1) is 49.0. The molecule has 1 atom stereocenters. The van der Waals surface area contributed by atoms with E-state index in [4.69, 9.17) is 64.0 Å². The van der Waals surface area contributed by atoms with E-state index in [2.05, 4.69) is 39.0 Å². The number of ether oxygens (including phenoxy) is 6. The molecule has 18 heteroatoms. The molecule has 2 bridgehead atoms. The average molecular weight is 827 g/mol. The Bertz CT molecular complexity index is 1290. The summed E-state index contributed by atoms with van der Waals surface area (Å²) < 4.78 is 37.7. The summed E-state index contributed by atoms with van der Waals surface area (Å²) >= 11 is 5.09. The molecule has 0 saturated heterocycles. The number of carbonyl (C=O) groups is 4.